The Morgan fingerprint density at radius 2 is 2.15 bits per heavy atom. The highest BCUT2D eigenvalue weighted by atomic mass is 16.5. The minimum atomic E-state index is -0.469. The van der Waals surface area contributed by atoms with Gasteiger partial charge in [0.1, 0.15) is 0 Å². The predicted octanol–water partition coefficient (Wildman–Crippen LogP) is -1.20. The van der Waals surface area contributed by atoms with Crippen molar-refractivity contribution in [3.8, 4) is 0 Å². The molecular weight excluding hydrogens is 264 g/mol. The maximum Gasteiger partial charge on any atom is 0.407 e. The van der Waals surface area contributed by atoms with Gasteiger partial charge in [0.05, 0.1) is 19.7 Å². The average molecular weight is 286 g/mol. The van der Waals surface area contributed by atoms with Crippen molar-refractivity contribution in [3.63, 3.8) is 0 Å². The molecule has 0 aromatic carbocycles. The summed E-state index contributed by atoms with van der Waals surface area (Å²) in [4.78, 5) is 35.9. The van der Waals surface area contributed by atoms with Gasteiger partial charge in [-0.2, -0.15) is 0 Å². The second-order valence-corrected chi connectivity index (χ2v) is 4.52. The molecule has 20 heavy (non-hydrogen) atoms. The molecule has 1 rings (SSSR count). The lowest BCUT2D eigenvalue weighted by Gasteiger charge is -2.33. The number of ether oxygens (including phenoxy) is 1. The van der Waals surface area contributed by atoms with Crippen molar-refractivity contribution >= 4 is 17.9 Å². The predicted molar refractivity (Wildman–Crippen MR) is 71.8 cm³/mol. The van der Waals surface area contributed by atoms with E-state index in [0.717, 1.165) is 12.8 Å². The monoisotopic (exact) mass is 286 g/mol. The zero-order chi connectivity index (χ0) is 15.0. The Kier molecular flexibility index (Phi) is 6.78. The van der Waals surface area contributed by atoms with Crippen LogP contribution in [0.2, 0.25) is 0 Å². The van der Waals surface area contributed by atoms with E-state index in [9.17, 15) is 14.4 Å². The molecular formula is C12H22N4O4. The molecule has 3 amide bonds. The van der Waals surface area contributed by atoms with E-state index >= 15 is 0 Å². The molecule has 114 valence electrons. The number of hydrogen-bond donors (Lipinski definition) is 3. The Balaban J connectivity index is 2.37. The number of amides is 3. The van der Waals surface area contributed by atoms with Crippen LogP contribution in [0.3, 0.4) is 0 Å². The molecule has 0 spiro atoms. The SMILES string of the molecule is CCOC(=O)NC1CCCN(C(=O)CNC(=O)CN)C1. The van der Waals surface area contributed by atoms with Gasteiger partial charge >= 0.3 is 6.09 Å². The molecule has 1 aliphatic heterocycles. The van der Waals surface area contributed by atoms with E-state index in [1.165, 1.54) is 0 Å². The zero-order valence-electron chi connectivity index (χ0n) is 11.7. The van der Waals surface area contributed by atoms with Crippen molar-refractivity contribution in [1.82, 2.24) is 15.5 Å². The van der Waals surface area contributed by atoms with Crippen LogP contribution in [0, 0.1) is 0 Å². The van der Waals surface area contributed by atoms with Crippen molar-refractivity contribution < 1.29 is 19.1 Å². The van der Waals surface area contributed by atoms with Gasteiger partial charge < -0.3 is 26.0 Å². The summed E-state index contributed by atoms with van der Waals surface area (Å²) in [6.07, 6.45) is 1.13. The zero-order valence-corrected chi connectivity index (χ0v) is 11.7. The maximum atomic E-state index is 11.9. The van der Waals surface area contributed by atoms with Crippen LogP contribution in [0.1, 0.15) is 19.8 Å². The Labute approximate surface area is 118 Å². The number of nitrogens with zero attached hydrogens (tertiary/aromatic N) is 1. The Morgan fingerprint density at radius 1 is 1.40 bits per heavy atom. The molecule has 1 fully saturated rings. The lowest BCUT2D eigenvalue weighted by Crippen LogP contribution is -2.52. The highest BCUT2D eigenvalue weighted by molar-refractivity contribution is 5.85. The molecule has 1 saturated heterocycles. The van der Waals surface area contributed by atoms with Gasteiger partial charge in [0, 0.05) is 19.1 Å². The van der Waals surface area contributed by atoms with Gasteiger partial charge in [0.25, 0.3) is 0 Å². The fourth-order valence-electron chi connectivity index (χ4n) is 2.02. The first kappa shape index (κ1) is 16.2. The largest absolute Gasteiger partial charge is 0.450 e. The summed E-state index contributed by atoms with van der Waals surface area (Å²) in [5, 5.41) is 5.16. The summed E-state index contributed by atoms with van der Waals surface area (Å²) < 4.78 is 4.81. The van der Waals surface area contributed by atoms with Crippen LogP contribution in [0.25, 0.3) is 0 Å². The van der Waals surface area contributed by atoms with E-state index in [4.69, 9.17) is 10.5 Å². The summed E-state index contributed by atoms with van der Waals surface area (Å²) in [6, 6.07) is -0.114. The van der Waals surface area contributed by atoms with Crippen molar-refractivity contribution in [2.45, 2.75) is 25.8 Å². The fourth-order valence-corrected chi connectivity index (χ4v) is 2.02. The third-order valence-electron chi connectivity index (χ3n) is 2.99. The molecule has 0 aromatic rings. The third kappa shape index (κ3) is 5.43. The van der Waals surface area contributed by atoms with E-state index in [1.54, 1.807) is 11.8 Å². The topological polar surface area (TPSA) is 114 Å². The minimum absolute atomic E-state index is 0.0673. The molecule has 0 saturated carbocycles. The van der Waals surface area contributed by atoms with E-state index in [2.05, 4.69) is 10.6 Å². The number of hydrogen-bond acceptors (Lipinski definition) is 5. The van der Waals surface area contributed by atoms with E-state index in [1.807, 2.05) is 0 Å². The molecule has 8 heteroatoms. The third-order valence-corrected chi connectivity index (χ3v) is 2.99. The number of rotatable bonds is 5. The molecule has 1 aliphatic rings. The second-order valence-electron chi connectivity index (χ2n) is 4.52. The number of nitrogens with one attached hydrogen (secondary N) is 2. The number of nitrogens with two attached hydrogens (primary N) is 1. The first-order valence-electron chi connectivity index (χ1n) is 6.74. The van der Waals surface area contributed by atoms with Gasteiger partial charge in [0.2, 0.25) is 11.8 Å². The van der Waals surface area contributed by atoms with Gasteiger partial charge in [-0.1, -0.05) is 0 Å². The highest BCUT2D eigenvalue weighted by Crippen LogP contribution is 2.10. The van der Waals surface area contributed by atoms with Crippen molar-refractivity contribution in [1.29, 1.82) is 0 Å². The number of likely N-dealkylation sites (tertiary alicyclic amines) is 1. The van der Waals surface area contributed by atoms with Gasteiger partial charge in [-0.15, -0.1) is 0 Å². The van der Waals surface area contributed by atoms with Crippen LogP contribution < -0.4 is 16.4 Å². The first-order valence-corrected chi connectivity index (χ1v) is 6.74. The van der Waals surface area contributed by atoms with E-state index in [-0.39, 0.29) is 30.9 Å². The molecule has 4 N–H and O–H groups in total. The standard InChI is InChI=1S/C12H22N4O4/c1-2-20-12(19)15-9-4-3-5-16(8-9)11(18)7-14-10(17)6-13/h9H,2-8,13H2,1H3,(H,14,17)(H,15,19). The van der Waals surface area contributed by atoms with Gasteiger partial charge in [-0.05, 0) is 19.8 Å². The number of carbonyl (C=O) groups is 3. The van der Waals surface area contributed by atoms with Crippen molar-refractivity contribution in [3.05, 3.63) is 0 Å². The Bertz CT molecular complexity index is 361. The Hall–Kier alpha value is -1.83. The molecule has 1 atom stereocenters. The minimum Gasteiger partial charge on any atom is -0.450 e. The Morgan fingerprint density at radius 3 is 2.80 bits per heavy atom. The summed E-state index contributed by atoms with van der Waals surface area (Å²) in [7, 11) is 0. The molecule has 8 nitrogen and oxygen atoms in total. The van der Waals surface area contributed by atoms with E-state index in [0.29, 0.717) is 19.7 Å². The van der Waals surface area contributed by atoms with Gasteiger partial charge in [0.15, 0.2) is 0 Å². The molecule has 0 bridgehead atoms. The summed E-state index contributed by atoms with van der Waals surface area (Å²) in [5.74, 6) is -0.543. The number of piperidine rings is 1. The molecule has 0 aliphatic carbocycles. The summed E-state index contributed by atoms with van der Waals surface area (Å²) >= 11 is 0. The quantitative estimate of drug-likeness (QED) is 0.587. The molecule has 0 radical (unpaired) electrons. The van der Waals surface area contributed by atoms with Crippen LogP contribution in [0.5, 0.6) is 0 Å². The smallest absolute Gasteiger partial charge is 0.407 e. The van der Waals surface area contributed by atoms with Crippen LogP contribution in [0.4, 0.5) is 4.79 Å². The molecule has 0 aromatic heterocycles. The van der Waals surface area contributed by atoms with Crippen molar-refractivity contribution in [2.75, 3.05) is 32.8 Å². The molecule has 1 heterocycles. The van der Waals surface area contributed by atoms with Crippen LogP contribution in [-0.4, -0.2) is 61.6 Å². The second kappa shape index (κ2) is 8.36. The van der Waals surface area contributed by atoms with Crippen molar-refractivity contribution in [2.24, 2.45) is 5.73 Å². The van der Waals surface area contributed by atoms with Crippen LogP contribution in [0.15, 0.2) is 0 Å². The van der Waals surface area contributed by atoms with E-state index < -0.39 is 6.09 Å². The number of alkyl carbamates (subject to hydrolysis) is 1. The summed E-state index contributed by atoms with van der Waals surface area (Å²) in [6.45, 7) is 2.89. The maximum absolute atomic E-state index is 11.9. The first-order chi connectivity index (χ1) is 9.56. The molecule has 1 unspecified atom stereocenters. The summed E-state index contributed by atoms with van der Waals surface area (Å²) in [5.41, 5.74) is 5.14. The van der Waals surface area contributed by atoms with Crippen LogP contribution in [-0.2, 0) is 14.3 Å². The van der Waals surface area contributed by atoms with Gasteiger partial charge in [-0.25, -0.2) is 4.79 Å². The fraction of sp³-hybridized carbons (Fsp3) is 0.750. The number of carbonyl (C=O) groups excluding carboxylic acids is 3. The highest BCUT2D eigenvalue weighted by Gasteiger charge is 2.25. The van der Waals surface area contributed by atoms with Crippen LogP contribution >= 0.6 is 0 Å². The lowest BCUT2D eigenvalue weighted by molar-refractivity contribution is -0.133. The van der Waals surface area contributed by atoms with Gasteiger partial charge in [-0.3, -0.25) is 9.59 Å². The lowest BCUT2D eigenvalue weighted by atomic mass is 10.1. The normalized spacial score (nSPS) is 18.3. The average Bonchev–Trinajstić information content (AvgIpc) is 2.44.